The van der Waals surface area contributed by atoms with Crippen molar-refractivity contribution in [3.8, 4) is 0 Å². The van der Waals surface area contributed by atoms with Crippen molar-refractivity contribution in [3.05, 3.63) is 18.2 Å². The van der Waals surface area contributed by atoms with Crippen LogP contribution in [0.15, 0.2) is 12.4 Å². The summed E-state index contributed by atoms with van der Waals surface area (Å²) in [5.74, 6) is 1.54. The molecule has 0 aliphatic rings. The van der Waals surface area contributed by atoms with Gasteiger partial charge in [0.05, 0.1) is 6.04 Å². The first-order valence-corrected chi connectivity index (χ1v) is 4.93. The summed E-state index contributed by atoms with van der Waals surface area (Å²) in [7, 11) is 1.99. The summed E-state index contributed by atoms with van der Waals surface area (Å²) in [6.45, 7) is 4.36. The second kappa shape index (κ2) is 4.42. The Hall–Kier alpha value is -0.830. The Morgan fingerprint density at radius 3 is 2.46 bits per heavy atom. The first kappa shape index (κ1) is 10.3. The van der Waals surface area contributed by atoms with Gasteiger partial charge in [0.15, 0.2) is 0 Å². The summed E-state index contributed by atoms with van der Waals surface area (Å²) < 4.78 is 2.00. The minimum atomic E-state index is 0.0787. The lowest BCUT2D eigenvalue weighted by Gasteiger charge is -2.20. The van der Waals surface area contributed by atoms with Crippen LogP contribution in [0, 0.1) is 5.92 Å². The van der Waals surface area contributed by atoms with Crippen molar-refractivity contribution in [2.24, 2.45) is 18.7 Å². The molecule has 74 valence electrons. The zero-order chi connectivity index (χ0) is 9.84. The fourth-order valence-corrected chi connectivity index (χ4v) is 1.71. The molecule has 1 atom stereocenters. The third kappa shape index (κ3) is 2.10. The van der Waals surface area contributed by atoms with Gasteiger partial charge in [-0.15, -0.1) is 0 Å². The normalized spacial score (nSPS) is 13.6. The summed E-state index contributed by atoms with van der Waals surface area (Å²) in [5.41, 5.74) is 6.12. The number of hydrogen-bond donors (Lipinski definition) is 1. The van der Waals surface area contributed by atoms with Crippen LogP contribution in [-0.2, 0) is 7.05 Å². The third-order valence-electron chi connectivity index (χ3n) is 2.71. The Morgan fingerprint density at radius 1 is 1.46 bits per heavy atom. The van der Waals surface area contributed by atoms with Crippen molar-refractivity contribution in [1.29, 1.82) is 0 Å². The Balaban J connectivity index is 2.77. The van der Waals surface area contributed by atoms with Crippen molar-refractivity contribution in [1.82, 2.24) is 9.55 Å². The van der Waals surface area contributed by atoms with Gasteiger partial charge in [-0.1, -0.05) is 26.7 Å². The first-order valence-electron chi connectivity index (χ1n) is 4.93. The molecule has 1 rings (SSSR count). The number of imidazole rings is 1. The number of aromatic nitrogens is 2. The lowest BCUT2D eigenvalue weighted by atomic mass is 9.94. The summed E-state index contributed by atoms with van der Waals surface area (Å²) >= 11 is 0. The molecule has 0 fully saturated rings. The lowest BCUT2D eigenvalue weighted by Crippen LogP contribution is -2.23. The lowest BCUT2D eigenvalue weighted by molar-refractivity contribution is 0.385. The molecule has 2 N–H and O–H groups in total. The average molecular weight is 181 g/mol. The van der Waals surface area contributed by atoms with Crippen molar-refractivity contribution in [2.75, 3.05) is 0 Å². The van der Waals surface area contributed by atoms with E-state index in [0.29, 0.717) is 5.92 Å². The molecule has 13 heavy (non-hydrogen) atoms. The van der Waals surface area contributed by atoms with Gasteiger partial charge in [-0.25, -0.2) is 4.98 Å². The van der Waals surface area contributed by atoms with E-state index in [1.54, 1.807) is 6.20 Å². The summed E-state index contributed by atoms with van der Waals surface area (Å²) in [6, 6.07) is 0.0787. The molecule has 1 aromatic heterocycles. The number of aryl methyl sites for hydroxylation is 1. The number of nitrogens with two attached hydrogens (primary N) is 1. The van der Waals surface area contributed by atoms with Gasteiger partial charge in [-0.2, -0.15) is 0 Å². The second-order valence-electron chi connectivity index (χ2n) is 3.50. The number of rotatable bonds is 4. The first-order chi connectivity index (χ1) is 6.20. The fourth-order valence-electron chi connectivity index (χ4n) is 1.71. The van der Waals surface area contributed by atoms with E-state index >= 15 is 0 Å². The van der Waals surface area contributed by atoms with Gasteiger partial charge in [-0.05, 0) is 5.92 Å². The SMILES string of the molecule is CCC(CC)C(N)c1nccn1C. The van der Waals surface area contributed by atoms with Gasteiger partial charge in [-0.3, -0.25) is 0 Å². The molecule has 0 spiro atoms. The molecule has 1 unspecified atom stereocenters. The van der Waals surface area contributed by atoms with E-state index in [4.69, 9.17) is 5.73 Å². The van der Waals surface area contributed by atoms with E-state index in [1.807, 2.05) is 17.8 Å². The van der Waals surface area contributed by atoms with E-state index in [-0.39, 0.29) is 6.04 Å². The van der Waals surface area contributed by atoms with E-state index in [9.17, 15) is 0 Å². The van der Waals surface area contributed by atoms with Crippen LogP contribution in [0.2, 0.25) is 0 Å². The van der Waals surface area contributed by atoms with E-state index < -0.39 is 0 Å². The topological polar surface area (TPSA) is 43.8 Å². The van der Waals surface area contributed by atoms with Crippen LogP contribution in [0.3, 0.4) is 0 Å². The van der Waals surface area contributed by atoms with Crippen LogP contribution >= 0.6 is 0 Å². The van der Waals surface area contributed by atoms with Crippen LogP contribution in [0.4, 0.5) is 0 Å². The Kier molecular flexibility index (Phi) is 3.48. The molecule has 0 saturated carbocycles. The molecular formula is C10H19N3. The highest BCUT2D eigenvalue weighted by Gasteiger charge is 2.18. The highest BCUT2D eigenvalue weighted by atomic mass is 15.1. The van der Waals surface area contributed by atoms with Crippen molar-refractivity contribution in [2.45, 2.75) is 32.7 Å². The van der Waals surface area contributed by atoms with Crippen LogP contribution in [0.5, 0.6) is 0 Å². The molecule has 0 aliphatic carbocycles. The Labute approximate surface area is 80.0 Å². The Bertz CT molecular complexity index is 250. The molecular weight excluding hydrogens is 162 g/mol. The zero-order valence-electron chi connectivity index (χ0n) is 8.70. The standard InChI is InChI=1S/C10H19N3/c1-4-8(5-2)9(11)10-12-6-7-13(10)3/h6-9H,4-5,11H2,1-3H3. The van der Waals surface area contributed by atoms with Crippen LogP contribution < -0.4 is 5.73 Å². The maximum atomic E-state index is 6.12. The van der Waals surface area contributed by atoms with E-state index in [0.717, 1.165) is 18.7 Å². The number of nitrogens with zero attached hydrogens (tertiary/aromatic N) is 2. The summed E-state index contributed by atoms with van der Waals surface area (Å²) in [6.07, 6.45) is 5.98. The molecule has 3 nitrogen and oxygen atoms in total. The monoisotopic (exact) mass is 181 g/mol. The summed E-state index contributed by atoms with van der Waals surface area (Å²) in [5, 5.41) is 0. The predicted octanol–water partition coefficient (Wildman–Crippen LogP) is 1.86. The van der Waals surface area contributed by atoms with Gasteiger partial charge in [0.1, 0.15) is 5.82 Å². The fraction of sp³-hybridized carbons (Fsp3) is 0.700. The molecule has 0 aliphatic heterocycles. The summed E-state index contributed by atoms with van der Waals surface area (Å²) in [4.78, 5) is 4.27. The highest BCUT2D eigenvalue weighted by Crippen LogP contribution is 2.22. The largest absolute Gasteiger partial charge is 0.337 e. The van der Waals surface area contributed by atoms with Crippen LogP contribution in [0.1, 0.15) is 38.6 Å². The predicted molar refractivity (Wildman–Crippen MR) is 54.2 cm³/mol. The van der Waals surface area contributed by atoms with Crippen molar-refractivity contribution < 1.29 is 0 Å². The Morgan fingerprint density at radius 2 is 2.08 bits per heavy atom. The van der Waals surface area contributed by atoms with Crippen molar-refractivity contribution >= 4 is 0 Å². The molecule has 1 aromatic rings. The van der Waals surface area contributed by atoms with E-state index in [2.05, 4.69) is 18.8 Å². The van der Waals surface area contributed by atoms with E-state index in [1.165, 1.54) is 0 Å². The minimum Gasteiger partial charge on any atom is -0.337 e. The van der Waals surface area contributed by atoms with Crippen LogP contribution in [-0.4, -0.2) is 9.55 Å². The number of hydrogen-bond acceptors (Lipinski definition) is 2. The molecule has 0 saturated heterocycles. The second-order valence-corrected chi connectivity index (χ2v) is 3.50. The highest BCUT2D eigenvalue weighted by molar-refractivity contribution is 4.99. The molecule has 0 radical (unpaired) electrons. The molecule has 3 heteroatoms. The minimum absolute atomic E-state index is 0.0787. The van der Waals surface area contributed by atoms with Gasteiger partial charge < -0.3 is 10.3 Å². The van der Waals surface area contributed by atoms with Crippen molar-refractivity contribution in [3.63, 3.8) is 0 Å². The quantitative estimate of drug-likeness (QED) is 0.770. The maximum absolute atomic E-state index is 6.12. The smallest absolute Gasteiger partial charge is 0.125 e. The van der Waals surface area contributed by atoms with Gasteiger partial charge in [0.25, 0.3) is 0 Å². The zero-order valence-corrected chi connectivity index (χ0v) is 8.70. The maximum Gasteiger partial charge on any atom is 0.125 e. The molecule has 1 heterocycles. The third-order valence-corrected chi connectivity index (χ3v) is 2.71. The van der Waals surface area contributed by atoms with Gasteiger partial charge in [0, 0.05) is 19.4 Å². The molecule has 0 bridgehead atoms. The van der Waals surface area contributed by atoms with Crippen LogP contribution in [0.25, 0.3) is 0 Å². The molecule has 0 aromatic carbocycles. The average Bonchev–Trinajstić information content (AvgIpc) is 2.53. The van der Waals surface area contributed by atoms with Gasteiger partial charge in [0.2, 0.25) is 0 Å². The molecule has 0 amide bonds. The van der Waals surface area contributed by atoms with Gasteiger partial charge >= 0.3 is 0 Å².